The van der Waals surface area contributed by atoms with Crippen LogP contribution in [-0.4, -0.2) is 31.2 Å². The molecule has 15 heavy (non-hydrogen) atoms. The van der Waals surface area contributed by atoms with E-state index in [0.717, 1.165) is 35.9 Å². The Morgan fingerprint density at radius 3 is 1.33 bits per heavy atom. The largest absolute Gasteiger partial charge is 0.179 e. The van der Waals surface area contributed by atoms with E-state index in [0.29, 0.717) is 0 Å². The van der Waals surface area contributed by atoms with Gasteiger partial charge in [0.15, 0.2) is 0 Å². The lowest BCUT2D eigenvalue weighted by Crippen LogP contribution is -2.22. The summed E-state index contributed by atoms with van der Waals surface area (Å²) in [6.45, 7) is 0. The first-order valence-electron chi connectivity index (χ1n) is 4.52. The molecule has 0 amide bonds. The molecule has 0 rings (SSSR count). The van der Waals surface area contributed by atoms with E-state index in [9.17, 15) is 0 Å². The highest BCUT2D eigenvalue weighted by atomic mass is 32.2. The highest BCUT2D eigenvalue weighted by Crippen LogP contribution is 2.34. The number of hydrogen-bond donors (Lipinski definition) is 6. The van der Waals surface area contributed by atoms with Crippen LogP contribution in [0.1, 0.15) is 12.8 Å². The van der Waals surface area contributed by atoms with Crippen molar-refractivity contribution in [3.63, 3.8) is 0 Å². The molecule has 0 spiro atoms. The molecule has 0 N–H and O–H groups in total. The van der Waals surface area contributed by atoms with Gasteiger partial charge in [-0.15, -0.1) is 0 Å². The van der Waals surface area contributed by atoms with E-state index < -0.39 is 0 Å². The van der Waals surface area contributed by atoms with Gasteiger partial charge in [-0.25, -0.2) is 0 Å². The summed E-state index contributed by atoms with van der Waals surface area (Å²) in [4.78, 5) is 0. The summed E-state index contributed by atoms with van der Waals surface area (Å²) >= 11 is 28.0. The zero-order valence-electron chi connectivity index (χ0n) is 8.33. The van der Waals surface area contributed by atoms with Gasteiger partial charge in [0, 0.05) is 11.5 Å². The summed E-state index contributed by atoms with van der Waals surface area (Å²) in [6, 6.07) is 0. The fourth-order valence-corrected chi connectivity index (χ4v) is 4.94. The predicted octanol–water partition coefficient (Wildman–Crippen LogP) is 3.47. The molecule has 0 unspecified atom stereocenters. The molecule has 7 heteroatoms. The van der Waals surface area contributed by atoms with Crippen molar-refractivity contribution in [1.29, 1.82) is 0 Å². The predicted molar refractivity (Wildman–Crippen MR) is 95.7 cm³/mol. The molecule has 0 aliphatic heterocycles. The minimum absolute atomic E-state index is 0.245. The van der Waals surface area contributed by atoms with Crippen molar-refractivity contribution in [2.24, 2.45) is 0 Å². The topological polar surface area (TPSA) is 0 Å². The number of thiol groups is 6. The van der Waals surface area contributed by atoms with Crippen LogP contribution >= 0.6 is 87.5 Å². The summed E-state index contributed by atoms with van der Waals surface area (Å²) in [5.74, 6) is 3.35. The van der Waals surface area contributed by atoms with Gasteiger partial charge < -0.3 is 0 Å². The maximum atomic E-state index is 4.48. The maximum absolute atomic E-state index is 4.48. The minimum atomic E-state index is -0.245. The third-order valence-corrected chi connectivity index (χ3v) is 5.91. The molecular formula is C8H18S7. The Kier molecular flexibility index (Phi) is 9.93. The summed E-state index contributed by atoms with van der Waals surface area (Å²) in [7, 11) is 0. The van der Waals surface area contributed by atoms with Crippen molar-refractivity contribution in [3.8, 4) is 0 Å². The van der Waals surface area contributed by atoms with E-state index in [1.54, 1.807) is 11.8 Å². The van der Waals surface area contributed by atoms with Crippen LogP contribution < -0.4 is 0 Å². The average Bonchev–Trinajstić information content (AvgIpc) is 2.02. The average molecular weight is 339 g/mol. The van der Waals surface area contributed by atoms with E-state index >= 15 is 0 Å². The van der Waals surface area contributed by atoms with Gasteiger partial charge in [0.1, 0.15) is 0 Å². The fraction of sp³-hybridized carbons (Fsp3) is 1.00. The number of hydrogen-bond acceptors (Lipinski definition) is 7. The molecule has 0 fully saturated rings. The molecule has 0 atom stereocenters. The number of rotatable bonds is 8. The summed E-state index contributed by atoms with van der Waals surface area (Å²) in [5.41, 5.74) is 0. The van der Waals surface area contributed by atoms with E-state index in [1.807, 2.05) is 0 Å². The second-order valence-corrected chi connectivity index (χ2v) is 9.41. The lowest BCUT2D eigenvalue weighted by Gasteiger charge is -2.25. The SMILES string of the molecule is SCCC(S)(S)CSCC(S)(S)CCS. The van der Waals surface area contributed by atoms with E-state index in [2.05, 4.69) is 75.8 Å². The van der Waals surface area contributed by atoms with Gasteiger partial charge >= 0.3 is 0 Å². The van der Waals surface area contributed by atoms with Crippen molar-refractivity contribution in [1.82, 2.24) is 0 Å². The van der Waals surface area contributed by atoms with Crippen molar-refractivity contribution in [2.75, 3.05) is 23.0 Å². The van der Waals surface area contributed by atoms with Crippen molar-refractivity contribution in [2.45, 2.75) is 21.0 Å². The van der Waals surface area contributed by atoms with Crippen molar-refractivity contribution in [3.05, 3.63) is 0 Å². The van der Waals surface area contributed by atoms with Crippen LogP contribution in [0.3, 0.4) is 0 Å². The van der Waals surface area contributed by atoms with Crippen LogP contribution in [0.2, 0.25) is 0 Å². The molecule has 0 saturated heterocycles. The Balaban J connectivity index is 3.77. The zero-order chi connectivity index (χ0) is 11.9. The molecular weight excluding hydrogens is 321 g/mol. The summed E-state index contributed by atoms with van der Waals surface area (Å²) in [6.07, 6.45) is 1.77. The number of thioether (sulfide) groups is 1. The smallest absolute Gasteiger partial charge is 0.0649 e. The van der Waals surface area contributed by atoms with E-state index in [-0.39, 0.29) is 8.16 Å². The molecule has 0 aromatic heterocycles. The van der Waals surface area contributed by atoms with Gasteiger partial charge in [0.2, 0.25) is 0 Å². The van der Waals surface area contributed by atoms with Crippen LogP contribution in [0.5, 0.6) is 0 Å². The van der Waals surface area contributed by atoms with Crippen LogP contribution in [0.25, 0.3) is 0 Å². The molecule has 0 aromatic rings. The van der Waals surface area contributed by atoms with Crippen molar-refractivity contribution < 1.29 is 0 Å². The molecule has 0 aliphatic carbocycles. The quantitative estimate of drug-likeness (QED) is 0.291. The normalized spacial score (nSPS) is 13.2. The van der Waals surface area contributed by atoms with Gasteiger partial charge in [-0.3, -0.25) is 0 Å². The maximum Gasteiger partial charge on any atom is 0.0649 e. The third kappa shape index (κ3) is 10.1. The standard InChI is InChI=1S/C8H18S7/c9-3-1-7(11,12)5-15-6-8(13,14)2-4-10/h9-14H,1-6H2. The zero-order valence-corrected chi connectivity index (χ0v) is 14.5. The van der Waals surface area contributed by atoms with Gasteiger partial charge in [-0.2, -0.15) is 87.5 Å². The molecule has 0 saturated carbocycles. The Hall–Kier alpha value is 2.45. The lowest BCUT2D eigenvalue weighted by atomic mass is 10.3. The van der Waals surface area contributed by atoms with Gasteiger partial charge in [0.05, 0.1) is 8.16 Å². The second-order valence-electron chi connectivity index (χ2n) is 3.40. The first-order chi connectivity index (χ1) is 6.83. The van der Waals surface area contributed by atoms with Gasteiger partial charge in [-0.05, 0) is 24.3 Å². The molecule has 0 aliphatic rings. The first kappa shape index (κ1) is 17.4. The van der Waals surface area contributed by atoms with Gasteiger partial charge in [-0.1, -0.05) is 0 Å². The molecule has 0 bridgehead atoms. The Morgan fingerprint density at radius 1 is 0.733 bits per heavy atom. The van der Waals surface area contributed by atoms with Crippen LogP contribution in [0.15, 0.2) is 0 Å². The molecule has 0 aromatic carbocycles. The van der Waals surface area contributed by atoms with Gasteiger partial charge in [0.25, 0.3) is 0 Å². The van der Waals surface area contributed by atoms with Crippen LogP contribution in [-0.2, 0) is 0 Å². The van der Waals surface area contributed by atoms with E-state index in [4.69, 9.17) is 0 Å². The highest BCUT2D eigenvalue weighted by Gasteiger charge is 2.23. The summed E-state index contributed by atoms with van der Waals surface area (Å²) < 4.78 is -0.490. The van der Waals surface area contributed by atoms with Crippen LogP contribution in [0.4, 0.5) is 0 Å². The van der Waals surface area contributed by atoms with Crippen LogP contribution in [0, 0.1) is 0 Å². The third-order valence-electron chi connectivity index (χ3n) is 1.69. The minimum Gasteiger partial charge on any atom is -0.179 e. The fourth-order valence-electron chi connectivity index (χ4n) is 0.880. The Morgan fingerprint density at radius 2 is 1.07 bits per heavy atom. The Bertz CT molecular complexity index is 150. The second kappa shape index (κ2) is 8.53. The van der Waals surface area contributed by atoms with Crippen molar-refractivity contribution >= 4 is 87.5 Å². The molecule has 92 valence electrons. The lowest BCUT2D eigenvalue weighted by molar-refractivity contribution is 0.866. The summed E-state index contributed by atoms with van der Waals surface area (Å²) in [5, 5.41) is 0. The molecule has 0 heterocycles. The molecule has 0 radical (unpaired) electrons. The Labute approximate surface area is 130 Å². The molecule has 0 nitrogen and oxygen atoms in total. The van der Waals surface area contributed by atoms with E-state index in [1.165, 1.54) is 0 Å². The highest BCUT2D eigenvalue weighted by molar-refractivity contribution is 8.07. The first-order valence-corrected chi connectivity index (χ1v) is 8.73. The monoisotopic (exact) mass is 338 g/mol.